The van der Waals surface area contributed by atoms with Crippen molar-refractivity contribution in [1.29, 1.82) is 0 Å². The number of benzene rings is 3. The number of nitrogens with one attached hydrogen (secondary N) is 1. The molecule has 0 aliphatic carbocycles. The largest absolute Gasteiger partial charge is 0.350 e. The Kier molecular flexibility index (Phi) is 9.17. The monoisotopic (exact) mass is 559 g/mol. The van der Waals surface area contributed by atoms with Gasteiger partial charge in [0.15, 0.2) is 0 Å². The molecule has 0 aromatic heterocycles. The topological polar surface area (TPSA) is 86.8 Å². The zero-order valence-corrected chi connectivity index (χ0v) is 23.3. The van der Waals surface area contributed by atoms with Crippen molar-refractivity contribution < 1.29 is 22.4 Å². The van der Waals surface area contributed by atoms with Crippen LogP contribution < -0.4 is 9.62 Å². The van der Waals surface area contributed by atoms with E-state index < -0.39 is 45.8 Å². The molecule has 3 aromatic rings. The van der Waals surface area contributed by atoms with Gasteiger partial charge in [-0.15, -0.1) is 0 Å². The first-order chi connectivity index (χ1) is 17.8. The van der Waals surface area contributed by atoms with Crippen LogP contribution in [0, 0.1) is 5.82 Å². The SMILES string of the molecule is C[C@H](C(=O)NC(C)(C)C)N(Cc1ccc(Cl)cc1)C(=O)CN(c1ccccc1F)S(=O)(=O)c1ccccc1. The molecule has 0 unspecified atom stereocenters. The quantitative estimate of drug-likeness (QED) is 0.399. The maximum Gasteiger partial charge on any atom is 0.264 e. The van der Waals surface area contributed by atoms with Crippen molar-refractivity contribution in [3.63, 3.8) is 0 Å². The standard InChI is InChI=1S/C28H31ClFN3O4S/c1-20(27(35)31-28(2,3)4)32(18-21-14-16-22(29)17-15-21)26(34)19-33(25-13-9-8-12-24(25)30)38(36,37)23-10-6-5-7-11-23/h5-17,20H,18-19H2,1-4H3,(H,31,35)/t20-/m1/s1. The molecule has 0 bridgehead atoms. The van der Waals surface area contributed by atoms with Gasteiger partial charge in [0, 0.05) is 17.1 Å². The number of para-hydroxylation sites is 1. The van der Waals surface area contributed by atoms with Crippen molar-refractivity contribution in [1.82, 2.24) is 10.2 Å². The highest BCUT2D eigenvalue weighted by Crippen LogP contribution is 2.27. The van der Waals surface area contributed by atoms with E-state index in [0.29, 0.717) is 10.6 Å². The zero-order chi connectivity index (χ0) is 28.1. The van der Waals surface area contributed by atoms with Crippen molar-refractivity contribution in [2.75, 3.05) is 10.8 Å². The Morgan fingerprint density at radius 1 is 0.947 bits per heavy atom. The lowest BCUT2D eigenvalue weighted by Gasteiger charge is -2.33. The first-order valence-corrected chi connectivity index (χ1v) is 13.8. The van der Waals surface area contributed by atoms with Crippen molar-refractivity contribution in [3.05, 3.63) is 95.3 Å². The molecule has 0 heterocycles. The fourth-order valence-electron chi connectivity index (χ4n) is 3.73. The Hall–Kier alpha value is -3.43. The van der Waals surface area contributed by atoms with Gasteiger partial charge in [-0.25, -0.2) is 12.8 Å². The van der Waals surface area contributed by atoms with E-state index in [4.69, 9.17) is 11.6 Å². The van der Waals surface area contributed by atoms with Gasteiger partial charge in [-0.2, -0.15) is 0 Å². The van der Waals surface area contributed by atoms with Gasteiger partial charge in [0.2, 0.25) is 11.8 Å². The Bertz CT molecular complexity index is 1380. The molecule has 7 nitrogen and oxygen atoms in total. The number of hydrogen-bond donors (Lipinski definition) is 1. The van der Waals surface area contributed by atoms with Gasteiger partial charge in [-0.05, 0) is 69.7 Å². The average Bonchev–Trinajstić information content (AvgIpc) is 2.86. The van der Waals surface area contributed by atoms with E-state index in [0.717, 1.165) is 10.4 Å². The third kappa shape index (κ3) is 7.33. The van der Waals surface area contributed by atoms with Gasteiger partial charge >= 0.3 is 0 Å². The molecular formula is C28H31ClFN3O4S. The van der Waals surface area contributed by atoms with Gasteiger partial charge in [0.25, 0.3) is 10.0 Å². The van der Waals surface area contributed by atoms with E-state index in [1.807, 2.05) is 20.8 Å². The predicted molar refractivity (Wildman–Crippen MR) is 147 cm³/mol. The fraction of sp³-hybridized carbons (Fsp3) is 0.286. The van der Waals surface area contributed by atoms with Crippen LogP contribution in [0.2, 0.25) is 5.02 Å². The predicted octanol–water partition coefficient (Wildman–Crippen LogP) is 5.01. The molecule has 0 aliphatic rings. The van der Waals surface area contributed by atoms with E-state index in [-0.39, 0.29) is 17.1 Å². The Labute approximate surface area is 228 Å². The van der Waals surface area contributed by atoms with Gasteiger partial charge in [-0.3, -0.25) is 13.9 Å². The molecule has 0 fully saturated rings. The summed E-state index contributed by atoms with van der Waals surface area (Å²) < 4.78 is 42.9. The maximum absolute atomic E-state index is 14.9. The van der Waals surface area contributed by atoms with E-state index in [1.54, 1.807) is 49.4 Å². The minimum Gasteiger partial charge on any atom is -0.350 e. The molecule has 10 heteroatoms. The third-order valence-electron chi connectivity index (χ3n) is 5.66. The molecular weight excluding hydrogens is 529 g/mol. The van der Waals surface area contributed by atoms with Crippen LogP contribution in [0.15, 0.2) is 83.8 Å². The average molecular weight is 560 g/mol. The second-order valence-electron chi connectivity index (χ2n) is 9.84. The molecule has 0 saturated carbocycles. The molecule has 0 radical (unpaired) electrons. The number of hydrogen-bond acceptors (Lipinski definition) is 4. The Morgan fingerprint density at radius 3 is 2.11 bits per heavy atom. The lowest BCUT2D eigenvalue weighted by Crippen LogP contribution is -2.54. The molecule has 38 heavy (non-hydrogen) atoms. The maximum atomic E-state index is 14.9. The molecule has 0 spiro atoms. The number of rotatable bonds is 9. The Morgan fingerprint density at radius 2 is 1.53 bits per heavy atom. The molecule has 3 rings (SSSR count). The van der Waals surface area contributed by atoms with Crippen molar-refractivity contribution in [3.8, 4) is 0 Å². The highest BCUT2D eigenvalue weighted by Gasteiger charge is 2.34. The molecule has 1 atom stereocenters. The summed E-state index contributed by atoms with van der Waals surface area (Å²) in [5.74, 6) is -1.90. The van der Waals surface area contributed by atoms with Crippen molar-refractivity contribution in [2.45, 2.75) is 50.7 Å². The van der Waals surface area contributed by atoms with Gasteiger partial charge < -0.3 is 10.2 Å². The number of amides is 2. The van der Waals surface area contributed by atoms with Gasteiger partial charge in [0.1, 0.15) is 18.4 Å². The van der Waals surface area contributed by atoms with E-state index in [2.05, 4.69) is 5.32 Å². The number of halogens is 2. The van der Waals surface area contributed by atoms with E-state index in [1.165, 1.54) is 35.2 Å². The van der Waals surface area contributed by atoms with Crippen LogP contribution >= 0.6 is 11.6 Å². The minimum atomic E-state index is -4.33. The number of anilines is 1. The van der Waals surface area contributed by atoms with Crippen LogP contribution in [0.4, 0.5) is 10.1 Å². The van der Waals surface area contributed by atoms with Gasteiger partial charge in [-0.1, -0.05) is 54.1 Å². The first kappa shape index (κ1) is 29.1. The summed E-state index contributed by atoms with van der Waals surface area (Å²) in [7, 11) is -4.33. The van der Waals surface area contributed by atoms with Crippen LogP contribution in [0.5, 0.6) is 0 Å². The normalized spacial score (nSPS) is 12.5. The van der Waals surface area contributed by atoms with E-state index in [9.17, 15) is 22.4 Å². The zero-order valence-electron chi connectivity index (χ0n) is 21.7. The summed E-state index contributed by atoms with van der Waals surface area (Å²) in [6.07, 6.45) is 0. The van der Waals surface area contributed by atoms with Crippen LogP contribution in [0.3, 0.4) is 0 Å². The molecule has 1 N–H and O–H groups in total. The number of carbonyl (C=O) groups is 2. The molecule has 202 valence electrons. The first-order valence-electron chi connectivity index (χ1n) is 12.0. The number of carbonyl (C=O) groups excluding carboxylic acids is 2. The highest BCUT2D eigenvalue weighted by molar-refractivity contribution is 7.92. The van der Waals surface area contributed by atoms with Crippen LogP contribution in [0.25, 0.3) is 0 Å². The van der Waals surface area contributed by atoms with Crippen LogP contribution in [-0.2, 0) is 26.2 Å². The van der Waals surface area contributed by atoms with E-state index >= 15 is 0 Å². The number of nitrogens with zero attached hydrogens (tertiary/aromatic N) is 2. The molecule has 2 amide bonds. The lowest BCUT2D eigenvalue weighted by molar-refractivity contribution is -0.140. The van der Waals surface area contributed by atoms with Crippen molar-refractivity contribution in [2.24, 2.45) is 0 Å². The summed E-state index contributed by atoms with van der Waals surface area (Å²) in [4.78, 5) is 28.0. The minimum absolute atomic E-state index is 0.00519. The summed E-state index contributed by atoms with van der Waals surface area (Å²) in [5, 5.41) is 3.36. The Balaban J connectivity index is 2.03. The third-order valence-corrected chi connectivity index (χ3v) is 7.69. The summed E-state index contributed by atoms with van der Waals surface area (Å²) in [5.41, 5.74) is -0.152. The fourth-order valence-corrected chi connectivity index (χ4v) is 5.30. The van der Waals surface area contributed by atoms with Crippen molar-refractivity contribution >= 4 is 39.1 Å². The molecule has 3 aromatic carbocycles. The lowest BCUT2D eigenvalue weighted by atomic mass is 10.1. The number of sulfonamides is 1. The second kappa shape index (κ2) is 12.0. The second-order valence-corrected chi connectivity index (χ2v) is 12.1. The molecule has 0 saturated heterocycles. The summed E-state index contributed by atoms with van der Waals surface area (Å²) in [6, 6.07) is 18.6. The summed E-state index contributed by atoms with van der Waals surface area (Å²) >= 11 is 6.00. The smallest absolute Gasteiger partial charge is 0.264 e. The van der Waals surface area contributed by atoms with Crippen LogP contribution in [-0.4, -0.2) is 43.3 Å². The van der Waals surface area contributed by atoms with Gasteiger partial charge in [0.05, 0.1) is 10.6 Å². The highest BCUT2D eigenvalue weighted by atomic mass is 35.5. The summed E-state index contributed by atoms with van der Waals surface area (Å²) in [6.45, 7) is 6.29. The molecule has 0 aliphatic heterocycles. The van der Waals surface area contributed by atoms with Crippen LogP contribution in [0.1, 0.15) is 33.3 Å².